The zero-order valence-electron chi connectivity index (χ0n) is 15.1. The van der Waals surface area contributed by atoms with Crippen LogP contribution in [0.4, 0.5) is 0 Å². The normalized spacial score (nSPS) is 11.6. The fraction of sp³-hybridized carbons (Fsp3) is 0.190. The van der Waals surface area contributed by atoms with Gasteiger partial charge in [0.1, 0.15) is 6.04 Å². The average Bonchev–Trinajstić information content (AvgIpc) is 3.21. The molecule has 1 heterocycles. The van der Waals surface area contributed by atoms with Crippen LogP contribution >= 0.6 is 0 Å². The lowest BCUT2D eigenvalue weighted by atomic mass is 10.1. The molecule has 6 nitrogen and oxygen atoms in total. The summed E-state index contributed by atoms with van der Waals surface area (Å²) in [5.41, 5.74) is 2.69. The topological polar surface area (TPSA) is 76.0 Å². The van der Waals surface area contributed by atoms with Gasteiger partial charge in [0.15, 0.2) is 0 Å². The van der Waals surface area contributed by atoms with Gasteiger partial charge in [-0.15, -0.1) is 0 Å². The van der Waals surface area contributed by atoms with E-state index in [1.807, 2.05) is 41.1 Å². The van der Waals surface area contributed by atoms with Crippen LogP contribution in [0.15, 0.2) is 73.3 Å². The zero-order chi connectivity index (χ0) is 19.1. The number of rotatable bonds is 7. The van der Waals surface area contributed by atoms with Crippen LogP contribution in [0.5, 0.6) is 0 Å². The first-order valence-corrected chi connectivity index (χ1v) is 8.79. The van der Waals surface area contributed by atoms with Crippen LogP contribution in [0, 0.1) is 0 Å². The summed E-state index contributed by atoms with van der Waals surface area (Å²) in [5, 5.41) is 5.56. The first kappa shape index (κ1) is 18.4. The van der Waals surface area contributed by atoms with Crippen molar-refractivity contribution in [2.75, 3.05) is 0 Å². The Morgan fingerprint density at radius 1 is 1.04 bits per heavy atom. The molecule has 27 heavy (non-hydrogen) atoms. The van der Waals surface area contributed by atoms with Crippen LogP contribution in [0.2, 0.25) is 0 Å². The number of amides is 2. The molecule has 1 aromatic heterocycles. The van der Waals surface area contributed by atoms with E-state index in [0.717, 1.165) is 17.7 Å². The number of imidazole rings is 1. The van der Waals surface area contributed by atoms with Gasteiger partial charge in [0.05, 0.1) is 6.33 Å². The molecule has 0 aliphatic carbocycles. The molecule has 0 unspecified atom stereocenters. The van der Waals surface area contributed by atoms with E-state index in [1.54, 1.807) is 43.7 Å². The highest BCUT2D eigenvalue weighted by Crippen LogP contribution is 2.06. The number of hydrogen-bond acceptors (Lipinski definition) is 3. The maximum atomic E-state index is 12.2. The Morgan fingerprint density at radius 3 is 2.41 bits per heavy atom. The predicted octanol–water partition coefficient (Wildman–Crippen LogP) is 2.37. The van der Waals surface area contributed by atoms with Gasteiger partial charge in [-0.2, -0.15) is 0 Å². The molecule has 0 bridgehead atoms. The third kappa shape index (κ3) is 5.28. The van der Waals surface area contributed by atoms with Crippen LogP contribution in [0.25, 0.3) is 0 Å². The van der Waals surface area contributed by atoms with Crippen molar-refractivity contribution in [2.24, 2.45) is 0 Å². The number of carbonyl (C=O) groups is 2. The summed E-state index contributed by atoms with van der Waals surface area (Å²) in [6.07, 6.45) is 5.44. The van der Waals surface area contributed by atoms with Crippen molar-refractivity contribution in [2.45, 2.75) is 26.1 Å². The minimum atomic E-state index is -0.613. The van der Waals surface area contributed by atoms with Crippen LogP contribution in [0.3, 0.4) is 0 Å². The van der Waals surface area contributed by atoms with Crippen molar-refractivity contribution in [3.8, 4) is 0 Å². The maximum Gasteiger partial charge on any atom is 0.251 e. The number of carbonyl (C=O) groups excluding carboxylic acids is 2. The summed E-state index contributed by atoms with van der Waals surface area (Å²) >= 11 is 0. The second-order valence-electron chi connectivity index (χ2n) is 6.33. The fourth-order valence-electron chi connectivity index (χ4n) is 2.63. The van der Waals surface area contributed by atoms with Gasteiger partial charge in [-0.1, -0.05) is 42.5 Å². The summed E-state index contributed by atoms with van der Waals surface area (Å²) in [7, 11) is 0. The molecule has 2 aromatic carbocycles. The number of nitrogens with zero attached hydrogens (tertiary/aromatic N) is 2. The summed E-state index contributed by atoms with van der Waals surface area (Å²) < 4.78 is 1.99. The standard InChI is InChI=1S/C21H22N4O2/c1-16(24-21(27)19-5-3-2-4-6-19)20(26)23-13-17-7-9-18(10-8-17)14-25-12-11-22-15-25/h2-12,15-16H,13-14H2,1H3,(H,23,26)(H,24,27)/t16-/m1/s1. The van der Waals surface area contributed by atoms with Crippen LogP contribution in [-0.4, -0.2) is 27.4 Å². The van der Waals surface area contributed by atoms with Crippen molar-refractivity contribution in [1.82, 2.24) is 20.2 Å². The van der Waals surface area contributed by atoms with E-state index in [9.17, 15) is 9.59 Å². The molecule has 1 atom stereocenters. The van der Waals surface area contributed by atoms with Crippen molar-refractivity contribution in [3.05, 3.63) is 90.0 Å². The molecule has 0 aliphatic rings. The van der Waals surface area contributed by atoms with E-state index in [1.165, 1.54) is 0 Å². The van der Waals surface area contributed by atoms with Crippen LogP contribution in [0.1, 0.15) is 28.4 Å². The second kappa shape index (κ2) is 8.80. The largest absolute Gasteiger partial charge is 0.350 e. The van der Waals surface area contributed by atoms with Gasteiger partial charge in [0.2, 0.25) is 5.91 Å². The highest BCUT2D eigenvalue weighted by atomic mass is 16.2. The number of benzene rings is 2. The van der Waals surface area contributed by atoms with Crippen molar-refractivity contribution in [3.63, 3.8) is 0 Å². The number of aromatic nitrogens is 2. The van der Waals surface area contributed by atoms with Crippen molar-refractivity contribution in [1.29, 1.82) is 0 Å². The highest BCUT2D eigenvalue weighted by Gasteiger charge is 2.16. The number of nitrogens with one attached hydrogen (secondary N) is 2. The predicted molar refractivity (Wildman–Crippen MR) is 103 cm³/mol. The molecular formula is C21H22N4O2. The van der Waals surface area contributed by atoms with Gasteiger partial charge in [0.25, 0.3) is 5.91 Å². The van der Waals surface area contributed by atoms with Crippen molar-refractivity contribution >= 4 is 11.8 Å². The van der Waals surface area contributed by atoms with Crippen molar-refractivity contribution < 1.29 is 9.59 Å². The lowest BCUT2D eigenvalue weighted by Crippen LogP contribution is -2.44. The summed E-state index contributed by atoms with van der Waals surface area (Å²) in [6.45, 7) is 2.84. The zero-order valence-corrected chi connectivity index (χ0v) is 15.1. The SMILES string of the molecule is C[C@@H](NC(=O)c1ccccc1)C(=O)NCc1ccc(Cn2ccnc2)cc1. The lowest BCUT2D eigenvalue weighted by Gasteiger charge is -2.14. The van der Waals surface area contributed by atoms with E-state index in [0.29, 0.717) is 12.1 Å². The third-order valence-corrected chi connectivity index (χ3v) is 4.19. The van der Waals surface area contributed by atoms with Gasteiger partial charge >= 0.3 is 0 Å². The monoisotopic (exact) mass is 362 g/mol. The van der Waals surface area contributed by atoms with Crippen LogP contribution in [-0.2, 0) is 17.9 Å². The molecule has 0 aliphatic heterocycles. The maximum absolute atomic E-state index is 12.2. The van der Waals surface area contributed by atoms with Gasteiger partial charge in [0, 0.05) is 31.0 Å². The molecule has 0 radical (unpaired) electrons. The van der Waals surface area contributed by atoms with Crippen LogP contribution < -0.4 is 10.6 Å². The Hall–Kier alpha value is -3.41. The Kier molecular flexibility index (Phi) is 5.99. The Bertz CT molecular complexity index is 874. The molecule has 0 saturated carbocycles. The smallest absolute Gasteiger partial charge is 0.251 e. The minimum Gasteiger partial charge on any atom is -0.350 e. The minimum absolute atomic E-state index is 0.221. The molecule has 0 saturated heterocycles. The van der Waals surface area contributed by atoms with Gasteiger partial charge in [-0.25, -0.2) is 4.98 Å². The van der Waals surface area contributed by atoms with Gasteiger partial charge in [-0.05, 0) is 30.2 Å². The molecule has 3 rings (SSSR count). The van der Waals surface area contributed by atoms with E-state index in [4.69, 9.17) is 0 Å². The third-order valence-electron chi connectivity index (χ3n) is 4.19. The second-order valence-corrected chi connectivity index (χ2v) is 6.33. The molecule has 6 heteroatoms. The Balaban J connectivity index is 1.47. The molecule has 0 fully saturated rings. The van der Waals surface area contributed by atoms with E-state index in [-0.39, 0.29) is 11.8 Å². The molecule has 2 amide bonds. The first-order valence-electron chi connectivity index (χ1n) is 8.79. The molecular weight excluding hydrogens is 340 g/mol. The fourth-order valence-corrected chi connectivity index (χ4v) is 2.63. The molecule has 0 spiro atoms. The summed E-state index contributed by atoms with van der Waals surface area (Å²) in [5.74, 6) is -0.483. The quantitative estimate of drug-likeness (QED) is 0.677. The Labute approximate surface area is 158 Å². The summed E-state index contributed by atoms with van der Waals surface area (Å²) in [6, 6.07) is 16.3. The molecule has 3 aromatic rings. The molecule has 2 N–H and O–H groups in total. The highest BCUT2D eigenvalue weighted by molar-refractivity contribution is 5.97. The molecule has 138 valence electrons. The Morgan fingerprint density at radius 2 is 1.74 bits per heavy atom. The van der Waals surface area contributed by atoms with E-state index < -0.39 is 6.04 Å². The van der Waals surface area contributed by atoms with Gasteiger partial charge in [-0.3, -0.25) is 9.59 Å². The van der Waals surface area contributed by atoms with Gasteiger partial charge < -0.3 is 15.2 Å². The number of hydrogen-bond donors (Lipinski definition) is 2. The van der Waals surface area contributed by atoms with E-state index in [2.05, 4.69) is 15.6 Å². The van der Waals surface area contributed by atoms with E-state index >= 15 is 0 Å². The average molecular weight is 362 g/mol. The summed E-state index contributed by atoms with van der Waals surface area (Å²) in [4.78, 5) is 28.4. The first-order chi connectivity index (χ1) is 13.1. The lowest BCUT2D eigenvalue weighted by molar-refractivity contribution is -0.122.